The van der Waals surface area contributed by atoms with E-state index < -0.39 is 29.4 Å². The largest absolute Gasteiger partial charge is 0.481 e. The zero-order valence-electron chi connectivity index (χ0n) is 20.4. The van der Waals surface area contributed by atoms with Crippen LogP contribution in [0.4, 0.5) is 4.79 Å². The molecule has 0 heterocycles. The van der Waals surface area contributed by atoms with Crippen LogP contribution in [0.1, 0.15) is 63.0 Å². The SMILES string of the molecule is CC(NC(=O)OCC1c2ccccc2-c2ccccc21)C(C)C(=O)NCC1(C(=O)O)CCCCC1. The number of aliphatic carboxylic acids is 1. The summed E-state index contributed by atoms with van der Waals surface area (Å²) in [5.41, 5.74) is 3.70. The molecule has 0 radical (unpaired) electrons. The summed E-state index contributed by atoms with van der Waals surface area (Å²) >= 11 is 0. The van der Waals surface area contributed by atoms with Gasteiger partial charge in [-0.1, -0.05) is 74.7 Å². The molecule has 2 amide bonds. The molecule has 2 aliphatic rings. The highest BCUT2D eigenvalue weighted by Gasteiger charge is 2.40. The van der Waals surface area contributed by atoms with Gasteiger partial charge in [-0.05, 0) is 42.0 Å². The molecule has 2 aromatic rings. The maximum absolute atomic E-state index is 12.7. The van der Waals surface area contributed by atoms with Crippen LogP contribution in [-0.2, 0) is 14.3 Å². The van der Waals surface area contributed by atoms with Gasteiger partial charge in [-0.3, -0.25) is 9.59 Å². The average molecular weight is 479 g/mol. The van der Waals surface area contributed by atoms with Crippen LogP contribution in [0.3, 0.4) is 0 Å². The molecule has 0 aromatic heterocycles. The first kappa shape index (κ1) is 24.8. The molecule has 0 bridgehead atoms. The number of fused-ring (bicyclic) bond motifs is 3. The number of carbonyl (C=O) groups is 3. The van der Waals surface area contributed by atoms with E-state index in [0.29, 0.717) is 12.8 Å². The first-order valence-corrected chi connectivity index (χ1v) is 12.4. The predicted molar refractivity (Wildman–Crippen MR) is 133 cm³/mol. The molecule has 4 rings (SSSR count). The van der Waals surface area contributed by atoms with Crippen LogP contribution in [0.25, 0.3) is 11.1 Å². The Balaban J connectivity index is 1.30. The molecule has 0 aliphatic heterocycles. The molecule has 2 aromatic carbocycles. The number of nitrogens with one attached hydrogen (secondary N) is 2. The van der Waals surface area contributed by atoms with Crippen LogP contribution in [0, 0.1) is 11.3 Å². The van der Waals surface area contributed by atoms with Crippen molar-refractivity contribution in [1.82, 2.24) is 10.6 Å². The monoisotopic (exact) mass is 478 g/mol. The third-order valence-electron chi connectivity index (χ3n) is 7.72. The maximum Gasteiger partial charge on any atom is 0.407 e. The van der Waals surface area contributed by atoms with E-state index in [1.165, 1.54) is 0 Å². The number of rotatable bonds is 8. The summed E-state index contributed by atoms with van der Waals surface area (Å²) in [4.78, 5) is 37.1. The molecule has 2 aliphatic carbocycles. The molecule has 2 unspecified atom stereocenters. The van der Waals surface area contributed by atoms with Gasteiger partial charge in [0, 0.05) is 18.5 Å². The Labute approximate surface area is 206 Å². The van der Waals surface area contributed by atoms with Crippen LogP contribution in [0.5, 0.6) is 0 Å². The van der Waals surface area contributed by atoms with Crippen molar-refractivity contribution in [2.24, 2.45) is 11.3 Å². The van der Waals surface area contributed by atoms with Crippen molar-refractivity contribution in [2.45, 2.75) is 57.9 Å². The van der Waals surface area contributed by atoms with E-state index in [2.05, 4.69) is 34.9 Å². The van der Waals surface area contributed by atoms with Gasteiger partial charge >= 0.3 is 12.1 Å². The van der Waals surface area contributed by atoms with E-state index in [4.69, 9.17) is 4.74 Å². The van der Waals surface area contributed by atoms with Crippen LogP contribution in [0.15, 0.2) is 48.5 Å². The van der Waals surface area contributed by atoms with Crippen molar-refractivity contribution < 1.29 is 24.2 Å². The Bertz CT molecular complexity index is 1050. The van der Waals surface area contributed by atoms with Crippen molar-refractivity contribution in [3.05, 3.63) is 59.7 Å². The lowest BCUT2D eigenvalue weighted by Gasteiger charge is -2.33. The summed E-state index contributed by atoms with van der Waals surface area (Å²) in [5.74, 6) is -1.70. The zero-order valence-corrected chi connectivity index (χ0v) is 20.4. The summed E-state index contributed by atoms with van der Waals surface area (Å²) < 4.78 is 5.58. The summed E-state index contributed by atoms with van der Waals surface area (Å²) in [6, 6.07) is 15.8. The molecule has 1 fully saturated rings. The van der Waals surface area contributed by atoms with E-state index in [1.807, 2.05) is 24.3 Å². The number of hydrogen-bond acceptors (Lipinski definition) is 4. The minimum Gasteiger partial charge on any atom is -0.481 e. The van der Waals surface area contributed by atoms with Crippen LogP contribution in [0.2, 0.25) is 0 Å². The number of alkyl carbamates (subject to hydrolysis) is 1. The lowest BCUT2D eigenvalue weighted by molar-refractivity contribution is -0.151. The minimum absolute atomic E-state index is 0.0353. The van der Waals surface area contributed by atoms with Gasteiger partial charge in [0.05, 0.1) is 11.3 Å². The van der Waals surface area contributed by atoms with E-state index in [9.17, 15) is 19.5 Å². The highest BCUT2D eigenvalue weighted by Crippen LogP contribution is 2.44. The first-order chi connectivity index (χ1) is 16.8. The average Bonchev–Trinajstić information content (AvgIpc) is 3.19. The molecule has 2 atom stereocenters. The van der Waals surface area contributed by atoms with Crippen molar-refractivity contribution >= 4 is 18.0 Å². The Morgan fingerprint density at radius 2 is 1.54 bits per heavy atom. The number of benzene rings is 2. The molecule has 3 N–H and O–H groups in total. The number of carboxylic acid groups (broad SMARTS) is 1. The van der Waals surface area contributed by atoms with Crippen molar-refractivity contribution in [3.8, 4) is 11.1 Å². The Kier molecular flexibility index (Phi) is 7.43. The molecule has 1 saturated carbocycles. The molecule has 186 valence electrons. The third-order valence-corrected chi connectivity index (χ3v) is 7.72. The van der Waals surface area contributed by atoms with Gasteiger partial charge in [0.1, 0.15) is 6.61 Å². The molecular formula is C28H34N2O5. The van der Waals surface area contributed by atoms with Crippen molar-refractivity contribution in [2.75, 3.05) is 13.2 Å². The fourth-order valence-corrected chi connectivity index (χ4v) is 5.29. The normalized spacial score (nSPS) is 18.0. The minimum atomic E-state index is -0.892. The number of ether oxygens (including phenoxy) is 1. The van der Waals surface area contributed by atoms with E-state index in [-0.39, 0.29) is 25.0 Å². The van der Waals surface area contributed by atoms with Gasteiger partial charge in [0.15, 0.2) is 0 Å². The van der Waals surface area contributed by atoms with Crippen LogP contribution >= 0.6 is 0 Å². The van der Waals surface area contributed by atoms with Gasteiger partial charge in [-0.15, -0.1) is 0 Å². The van der Waals surface area contributed by atoms with E-state index in [1.54, 1.807) is 13.8 Å². The van der Waals surface area contributed by atoms with Gasteiger partial charge in [0.2, 0.25) is 5.91 Å². The summed E-state index contributed by atoms with van der Waals surface area (Å²) in [6.07, 6.45) is 3.32. The van der Waals surface area contributed by atoms with Crippen molar-refractivity contribution in [1.29, 1.82) is 0 Å². The van der Waals surface area contributed by atoms with Crippen molar-refractivity contribution in [3.63, 3.8) is 0 Å². The van der Waals surface area contributed by atoms with Gasteiger partial charge in [-0.2, -0.15) is 0 Å². The topological polar surface area (TPSA) is 105 Å². The Morgan fingerprint density at radius 3 is 2.11 bits per heavy atom. The Morgan fingerprint density at radius 1 is 0.971 bits per heavy atom. The number of amides is 2. The second-order valence-electron chi connectivity index (χ2n) is 9.91. The lowest BCUT2D eigenvalue weighted by Crippen LogP contribution is -2.49. The molecule has 0 spiro atoms. The number of carboxylic acids is 1. The highest BCUT2D eigenvalue weighted by molar-refractivity contribution is 5.82. The van der Waals surface area contributed by atoms with E-state index in [0.717, 1.165) is 41.5 Å². The summed E-state index contributed by atoms with van der Waals surface area (Å²) in [6.45, 7) is 3.79. The second-order valence-corrected chi connectivity index (χ2v) is 9.91. The Hall–Kier alpha value is -3.35. The van der Waals surface area contributed by atoms with Crippen LogP contribution < -0.4 is 10.6 Å². The predicted octanol–water partition coefficient (Wildman–Crippen LogP) is 4.70. The number of carbonyl (C=O) groups excluding carboxylic acids is 2. The maximum atomic E-state index is 12.7. The lowest BCUT2D eigenvalue weighted by atomic mass is 9.74. The highest BCUT2D eigenvalue weighted by atomic mass is 16.5. The fourth-order valence-electron chi connectivity index (χ4n) is 5.29. The van der Waals surface area contributed by atoms with Gasteiger partial charge in [0.25, 0.3) is 0 Å². The van der Waals surface area contributed by atoms with Gasteiger partial charge < -0.3 is 20.5 Å². The van der Waals surface area contributed by atoms with Gasteiger partial charge in [-0.25, -0.2) is 4.79 Å². The molecule has 7 heteroatoms. The third kappa shape index (κ3) is 5.19. The van der Waals surface area contributed by atoms with Crippen LogP contribution in [-0.4, -0.2) is 42.3 Å². The fraction of sp³-hybridized carbons (Fsp3) is 0.464. The second kappa shape index (κ2) is 10.5. The molecule has 35 heavy (non-hydrogen) atoms. The van der Waals surface area contributed by atoms with E-state index >= 15 is 0 Å². The molecule has 0 saturated heterocycles. The standard InChI is InChI=1S/C28H34N2O5/c1-18(25(31)29-17-28(26(32)33)14-8-3-9-15-28)19(2)30-27(34)35-16-24-22-12-6-4-10-20(22)21-11-5-7-13-23(21)24/h4-7,10-13,18-19,24H,3,8-9,14-17H2,1-2H3,(H,29,31)(H,30,34)(H,32,33). The summed E-state index contributed by atoms with van der Waals surface area (Å²) in [7, 11) is 0. The quantitative estimate of drug-likeness (QED) is 0.510. The summed E-state index contributed by atoms with van der Waals surface area (Å²) in [5, 5.41) is 15.3. The molecule has 7 nitrogen and oxygen atoms in total. The first-order valence-electron chi connectivity index (χ1n) is 12.4. The number of hydrogen-bond donors (Lipinski definition) is 3. The smallest absolute Gasteiger partial charge is 0.407 e. The zero-order chi connectivity index (χ0) is 25.0. The molecular weight excluding hydrogens is 444 g/mol.